The quantitative estimate of drug-likeness (QED) is 0.488. The first kappa shape index (κ1) is 17.0. The van der Waals surface area contributed by atoms with Crippen LogP contribution in [0.5, 0.6) is 11.5 Å². The number of rotatable bonds is 3. The molecular formula is C20H13F2NO4. The van der Waals surface area contributed by atoms with Crippen LogP contribution in [0.2, 0.25) is 0 Å². The highest BCUT2D eigenvalue weighted by Gasteiger charge is 2.35. The lowest BCUT2D eigenvalue weighted by atomic mass is 9.96. The maximum absolute atomic E-state index is 14.2. The van der Waals surface area contributed by atoms with Gasteiger partial charge in [0, 0.05) is 23.3 Å². The molecule has 1 atom stereocenters. The first-order valence-electron chi connectivity index (χ1n) is 8.06. The third-order valence-electron chi connectivity index (χ3n) is 4.49. The van der Waals surface area contributed by atoms with E-state index in [1.807, 2.05) is 6.07 Å². The molecule has 0 bridgehead atoms. The van der Waals surface area contributed by atoms with Gasteiger partial charge < -0.3 is 9.47 Å². The minimum absolute atomic E-state index is 0.101. The van der Waals surface area contributed by atoms with Crippen LogP contribution in [0.3, 0.4) is 0 Å². The largest absolute Gasteiger partial charge is 0.497 e. The first-order chi connectivity index (χ1) is 13.0. The molecular weight excluding hydrogens is 356 g/mol. The lowest BCUT2D eigenvalue weighted by Gasteiger charge is -2.24. The molecule has 1 unspecified atom stereocenters. The van der Waals surface area contributed by atoms with Gasteiger partial charge in [0.2, 0.25) is 6.10 Å². The number of halogens is 2. The maximum atomic E-state index is 14.2. The average molecular weight is 369 g/mol. The van der Waals surface area contributed by atoms with Crippen molar-refractivity contribution >= 4 is 16.8 Å². The van der Waals surface area contributed by atoms with Crippen LogP contribution in [0.25, 0.3) is 16.8 Å². The average Bonchev–Trinajstić information content (AvgIpc) is 2.66. The van der Waals surface area contributed by atoms with Crippen molar-refractivity contribution in [2.45, 2.75) is 6.10 Å². The summed E-state index contributed by atoms with van der Waals surface area (Å²) in [6.45, 7) is 0. The molecule has 0 N–H and O–H groups in total. The van der Waals surface area contributed by atoms with Crippen LogP contribution in [0.4, 0.5) is 8.78 Å². The summed E-state index contributed by atoms with van der Waals surface area (Å²) in [5, 5.41) is 13.2. The number of nitro groups is 1. The molecule has 0 saturated heterocycles. The summed E-state index contributed by atoms with van der Waals surface area (Å²) in [6.07, 6.45) is 0.0878. The van der Waals surface area contributed by atoms with Gasteiger partial charge in [0.05, 0.1) is 12.0 Å². The molecule has 7 heteroatoms. The van der Waals surface area contributed by atoms with Crippen molar-refractivity contribution in [1.29, 1.82) is 0 Å². The van der Waals surface area contributed by atoms with Crippen LogP contribution in [-0.4, -0.2) is 12.0 Å². The van der Waals surface area contributed by atoms with E-state index in [1.54, 1.807) is 24.3 Å². The molecule has 1 heterocycles. The first-order valence-corrected chi connectivity index (χ1v) is 8.06. The van der Waals surface area contributed by atoms with Crippen LogP contribution in [-0.2, 0) is 0 Å². The second kappa shape index (κ2) is 6.35. The molecule has 27 heavy (non-hydrogen) atoms. The van der Waals surface area contributed by atoms with E-state index >= 15 is 0 Å². The Morgan fingerprint density at radius 2 is 1.89 bits per heavy atom. The van der Waals surface area contributed by atoms with E-state index in [1.165, 1.54) is 13.2 Å². The number of hydrogen-bond donors (Lipinski definition) is 0. The van der Waals surface area contributed by atoms with E-state index in [4.69, 9.17) is 9.47 Å². The van der Waals surface area contributed by atoms with Gasteiger partial charge in [0.25, 0.3) is 5.70 Å². The lowest BCUT2D eigenvalue weighted by Crippen LogP contribution is -2.21. The van der Waals surface area contributed by atoms with Crippen molar-refractivity contribution < 1.29 is 23.2 Å². The van der Waals surface area contributed by atoms with Crippen molar-refractivity contribution in [3.05, 3.63) is 87.1 Å². The second-order valence-corrected chi connectivity index (χ2v) is 6.05. The summed E-state index contributed by atoms with van der Waals surface area (Å²) in [5.41, 5.74) is 0.0796. The van der Waals surface area contributed by atoms with Crippen molar-refractivity contribution in [2.24, 2.45) is 0 Å². The van der Waals surface area contributed by atoms with Gasteiger partial charge in [-0.2, -0.15) is 0 Å². The highest BCUT2D eigenvalue weighted by Crippen LogP contribution is 2.42. The Bertz CT molecular complexity index is 1110. The summed E-state index contributed by atoms with van der Waals surface area (Å²) in [4.78, 5) is 11.0. The van der Waals surface area contributed by atoms with E-state index in [9.17, 15) is 18.9 Å². The fraction of sp³-hybridized carbons (Fsp3) is 0.100. The van der Waals surface area contributed by atoms with Gasteiger partial charge in [0.1, 0.15) is 23.1 Å². The standard InChI is InChI=1S/C20H13F2NO4/c1-26-13-5-2-11-3-7-19-16(15(11)9-13)10-18(23(24)25)20(27-19)14-6-4-12(21)8-17(14)22/h2-10,20H,1H3. The molecule has 0 fully saturated rings. The number of fused-ring (bicyclic) bond motifs is 3. The summed E-state index contributed by atoms with van der Waals surface area (Å²) < 4.78 is 38.4. The smallest absolute Gasteiger partial charge is 0.291 e. The van der Waals surface area contributed by atoms with Crippen molar-refractivity contribution in [1.82, 2.24) is 0 Å². The minimum Gasteiger partial charge on any atom is -0.497 e. The summed E-state index contributed by atoms with van der Waals surface area (Å²) in [7, 11) is 1.53. The van der Waals surface area contributed by atoms with E-state index in [0.29, 0.717) is 28.5 Å². The number of benzene rings is 3. The van der Waals surface area contributed by atoms with Crippen LogP contribution < -0.4 is 9.47 Å². The van der Waals surface area contributed by atoms with Gasteiger partial charge in [-0.05, 0) is 41.1 Å². The summed E-state index contributed by atoms with van der Waals surface area (Å²) in [6, 6.07) is 11.7. The Kier molecular flexibility index (Phi) is 3.99. The van der Waals surface area contributed by atoms with E-state index in [2.05, 4.69) is 0 Å². The van der Waals surface area contributed by atoms with Crippen LogP contribution in [0, 0.1) is 21.7 Å². The Hall–Kier alpha value is -3.48. The minimum atomic E-state index is -1.28. The zero-order valence-corrected chi connectivity index (χ0v) is 14.1. The van der Waals surface area contributed by atoms with Crippen molar-refractivity contribution in [3.8, 4) is 11.5 Å². The predicted octanol–water partition coefficient (Wildman–Crippen LogP) is 4.88. The monoisotopic (exact) mass is 369 g/mol. The topological polar surface area (TPSA) is 61.6 Å². The SMILES string of the molecule is COc1ccc2ccc3c(c2c1)C=C([N+](=O)[O-])C(c1ccc(F)cc1F)O3. The molecule has 0 aliphatic carbocycles. The molecule has 0 aromatic heterocycles. The molecule has 1 aliphatic rings. The van der Waals surface area contributed by atoms with Gasteiger partial charge in [0.15, 0.2) is 0 Å². The second-order valence-electron chi connectivity index (χ2n) is 6.05. The van der Waals surface area contributed by atoms with Gasteiger partial charge in [-0.15, -0.1) is 0 Å². The number of nitrogens with zero attached hydrogens (tertiary/aromatic N) is 1. The predicted molar refractivity (Wildman–Crippen MR) is 95.2 cm³/mol. The number of methoxy groups -OCH3 is 1. The van der Waals surface area contributed by atoms with Gasteiger partial charge in [-0.3, -0.25) is 10.1 Å². The molecule has 3 aromatic rings. The van der Waals surface area contributed by atoms with Crippen LogP contribution >= 0.6 is 0 Å². The summed E-state index contributed by atoms with van der Waals surface area (Å²) >= 11 is 0. The van der Waals surface area contributed by atoms with Gasteiger partial charge in [-0.25, -0.2) is 8.78 Å². The molecule has 0 spiro atoms. The fourth-order valence-corrected chi connectivity index (χ4v) is 3.18. The molecule has 5 nitrogen and oxygen atoms in total. The fourth-order valence-electron chi connectivity index (χ4n) is 3.18. The summed E-state index contributed by atoms with van der Waals surface area (Å²) in [5.74, 6) is -0.704. The Morgan fingerprint density at radius 3 is 2.59 bits per heavy atom. The number of ether oxygens (including phenoxy) is 2. The maximum Gasteiger partial charge on any atom is 0.291 e. The molecule has 4 rings (SSSR count). The molecule has 0 amide bonds. The molecule has 3 aromatic carbocycles. The van der Waals surface area contributed by atoms with Gasteiger partial charge in [-0.1, -0.05) is 12.1 Å². The molecule has 0 radical (unpaired) electrons. The Morgan fingerprint density at radius 1 is 1.11 bits per heavy atom. The Labute approximate surface area is 152 Å². The van der Waals surface area contributed by atoms with E-state index in [0.717, 1.165) is 17.5 Å². The normalized spacial score (nSPS) is 15.7. The van der Waals surface area contributed by atoms with Crippen molar-refractivity contribution in [2.75, 3.05) is 7.11 Å². The molecule has 136 valence electrons. The van der Waals surface area contributed by atoms with Gasteiger partial charge >= 0.3 is 0 Å². The van der Waals surface area contributed by atoms with E-state index < -0.39 is 22.7 Å². The zero-order chi connectivity index (χ0) is 19.1. The van der Waals surface area contributed by atoms with Crippen molar-refractivity contribution in [3.63, 3.8) is 0 Å². The molecule has 1 aliphatic heterocycles. The third-order valence-corrected chi connectivity index (χ3v) is 4.49. The number of hydrogen-bond acceptors (Lipinski definition) is 4. The Balaban J connectivity index is 1.92. The third kappa shape index (κ3) is 2.87. The van der Waals surface area contributed by atoms with Crippen LogP contribution in [0.15, 0.2) is 54.2 Å². The molecule has 0 saturated carbocycles. The lowest BCUT2D eigenvalue weighted by molar-refractivity contribution is -0.434. The highest BCUT2D eigenvalue weighted by atomic mass is 19.1. The zero-order valence-electron chi connectivity index (χ0n) is 14.1. The van der Waals surface area contributed by atoms with Crippen LogP contribution in [0.1, 0.15) is 17.2 Å². The highest BCUT2D eigenvalue weighted by molar-refractivity contribution is 5.94. The van der Waals surface area contributed by atoms with E-state index in [-0.39, 0.29) is 11.3 Å².